The van der Waals surface area contributed by atoms with Gasteiger partial charge in [-0.25, -0.2) is 8.78 Å². The molecule has 1 aliphatic heterocycles. The summed E-state index contributed by atoms with van der Waals surface area (Å²) < 4.78 is 31.8. The van der Waals surface area contributed by atoms with Crippen molar-refractivity contribution in [3.63, 3.8) is 0 Å². The minimum absolute atomic E-state index is 0.0726. The number of halogens is 2. The van der Waals surface area contributed by atoms with Gasteiger partial charge < -0.3 is 9.52 Å². The zero-order chi connectivity index (χ0) is 16.9. The maximum absolute atomic E-state index is 13.3. The molecule has 0 spiro atoms. The number of nitrogens with zero attached hydrogens (tertiary/aromatic N) is 1. The van der Waals surface area contributed by atoms with Gasteiger partial charge in [-0.15, -0.1) is 0 Å². The van der Waals surface area contributed by atoms with E-state index < -0.39 is 11.6 Å². The highest BCUT2D eigenvalue weighted by Crippen LogP contribution is 2.24. The van der Waals surface area contributed by atoms with E-state index in [2.05, 4.69) is 4.90 Å². The van der Waals surface area contributed by atoms with Gasteiger partial charge in [0, 0.05) is 6.54 Å². The third-order valence-corrected chi connectivity index (χ3v) is 4.68. The van der Waals surface area contributed by atoms with Crippen LogP contribution in [0.2, 0.25) is 0 Å². The molecule has 0 amide bonds. The van der Waals surface area contributed by atoms with Crippen LogP contribution in [0.25, 0.3) is 0 Å². The van der Waals surface area contributed by atoms with Crippen molar-refractivity contribution in [3.05, 3.63) is 59.1 Å². The molecule has 0 saturated carbocycles. The molecule has 5 heteroatoms. The van der Waals surface area contributed by atoms with E-state index >= 15 is 0 Å². The van der Waals surface area contributed by atoms with E-state index in [-0.39, 0.29) is 6.61 Å². The Morgan fingerprint density at radius 3 is 2.71 bits per heavy atom. The number of rotatable bonds is 6. The van der Waals surface area contributed by atoms with Crippen LogP contribution < -0.4 is 0 Å². The Labute approximate surface area is 140 Å². The molecule has 1 fully saturated rings. The Hall–Kier alpha value is -1.72. The number of aliphatic hydroxyl groups is 1. The lowest BCUT2D eigenvalue weighted by molar-refractivity contribution is 0.149. The van der Waals surface area contributed by atoms with Crippen LogP contribution in [0.5, 0.6) is 0 Å². The van der Waals surface area contributed by atoms with E-state index in [4.69, 9.17) is 9.52 Å². The predicted molar refractivity (Wildman–Crippen MR) is 87.3 cm³/mol. The van der Waals surface area contributed by atoms with E-state index in [0.717, 1.165) is 50.2 Å². The lowest BCUT2D eigenvalue weighted by atomic mass is 9.91. The quantitative estimate of drug-likeness (QED) is 0.870. The van der Waals surface area contributed by atoms with Gasteiger partial charge in [0.25, 0.3) is 0 Å². The molecule has 0 aliphatic carbocycles. The van der Waals surface area contributed by atoms with E-state index in [1.165, 1.54) is 18.6 Å². The maximum atomic E-state index is 13.3. The van der Waals surface area contributed by atoms with Gasteiger partial charge in [-0.05, 0) is 68.0 Å². The summed E-state index contributed by atoms with van der Waals surface area (Å²) in [6, 6.07) is 7.89. The van der Waals surface area contributed by atoms with Crippen LogP contribution in [0.4, 0.5) is 8.78 Å². The molecule has 0 radical (unpaired) electrons. The van der Waals surface area contributed by atoms with Crippen molar-refractivity contribution in [1.29, 1.82) is 0 Å². The summed E-state index contributed by atoms with van der Waals surface area (Å²) in [6.07, 6.45) is 4.04. The Morgan fingerprint density at radius 1 is 1.12 bits per heavy atom. The molecule has 0 bridgehead atoms. The van der Waals surface area contributed by atoms with Crippen LogP contribution in [0, 0.1) is 17.6 Å². The highest BCUT2D eigenvalue weighted by atomic mass is 19.2. The molecule has 2 aromatic rings. The molecule has 1 N–H and O–H groups in total. The van der Waals surface area contributed by atoms with Gasteiger partial charge in [0.2, 0.25) is 0 Å². The second-order valence-corrected chi connectivity index (χ2v) is 6.56. The van der Waals surface area contributed by atoms with Crippen LogP contribution in [-0.2, 0) is 19.6 Å². The van der Waals surface area contributed by atoms with Crippen LogP contribution >= 0.6 is 0 Å². The summed E-state index contributed by atoms with van der Waals surface area (Å²) in [5.41, 5.74) is 0.852. The molecular weight excluding hydrogens is 312 g/mol. The monoisotopic (exact) mass is 335 g/mol. The average molecular weight is 335 g/mol. The normalized spacial score (nSPS) is 18.9. The lowest BCUT2D eigenvalue weighted by Crippen LogP contribution is -2.35. The zero-order valence-corrected chi connectivity index (χ0v) is 13.7. The fourth-order valence-electron chi connectivity index (χ4n) is 3.41. The third-order valence-electron chi connectivity index (χ3n) is 4.68. The lowest BCUT2D eigenvalue weighted by Gasteiger charge is -2.32. The second kappa shape index (κ2) is 7.90. The minimum atomic E-state index is -0.789. The molecular formula is C19H23F2NO2. The number of hydrogen-bond donors (Lipinski definition) is 1. The van der Waals surface area contributed by atoms with E-state index in [1.807, 2.05) is 6.07 Å². The van der Waals surface area contributed by atoms with Crippen molar-refractivity contribution in [2.45, 2.75) is 38.8 Å². The van der Waals surface area contributed by atoms with Gasteiger partial charge in [0.1, 0.15) is 18.1 Å². The first kappa shape index (κ1) is 17.1. The van der Waals surface area contributed by atoms with Crippen LogP contribution in [0.1, 0.15) is 36.3 Å². The Kier molecular flexibility index (Phi) is 5.63. The average Bonchev–Trinajstić information content (AvgIpc) is 3.04. The summed E-state index contributed by atoms with van der Waals surface area (Å²) in [5.74, 6) is 0.468. The number of benzene rings is 1. The maximum Gasteiger partial charge on any atom is 0.159 e. The number of aliphatic hydroxyl groups excluding tert-OH is 1. The molecule has 2 heterocycles. The van der Waals surface area contributed by atoms with Crippen molar-refractivity contribution < 1.29 is 18.3 Å². The summed E-state index contributed by atoms with van der Waals surface area (Å²) in [6.45, 7) is 2.70. The van der Waals surface area contributed by atoms with E-state index in [9.17, 15) is 8.78 Å². The van der Waals surface area contributed by atoms with Crippen LogP contribution in [0.3, 0.4) is 0 Å². The van der Waals surface area contributed by atoms with Gasteiger partial charge in [-0.2, -0.15) is 0 Å². The molecule has 3 rings (SSSR count). The van der Waals surface area contributed by atoms with Gasteiger partial charge >= 0.3 is 0 Å². The molecule has 0 unspecified atom stereocenters. The summed E-state index contributed by atoms with van der Waals surface area (Å²) >= 11 is 0. The second-order valence-electron chi connectivity index (χ2n) is 6.56. The molecule has 1 atom stereocenters. The number of piperidine rings is 1. The molecule has 3 nitrogen and oxygen atoms in total. The molecule has 130 valence electrons. The number of furan rings is 1. The molecule has 1 aliphatic rings. The molecule has 24 heavy (non-hydrogen) atoms. The first-order valence-corrected chi connectivity index (χ1v) is 8.49. The van der Waals surface area contributed by atoms with E-state index in [1.54, 1.807) is 12.1 Å². The Balaban J connectivity index is 1.50. The molecule has 1 aromatic carbocycles. The molecule has 1 aromatic heterocycles. The Morgan fingerprint density at radius 2 is 1.96 bits per heavy atom. The zero-order valence-electron chi connectivity index (χ0n) is 13.7. The van der Waals surface area contributed by atoms with Crippen molar-refractivity contribution >= 4 is 0 Å². The fourth-order valence-corrected chi connectivity index (χ4v) is 3.41. The molecule has 1 saturated heterocycles. The standard InChI is InChI=1S/C19H23F2NO2/c20-18-8-5-14(10-19(18)21)3-4-15-2-1-9-22(11-15)12-16-6-7-17(13-23)24-16/h5-8,10,15,23H,1-4,9,11-13H2/t15-/m0/s1. The van der Waals surface area contributed by atoms with E-state index in [0.29, 0.717) is 11.7 Å². The minimum Gasteiger partial charge on any atom is -0.462 e. The largest absolute Gasteiger partial charge is 0.462 e. The summed E-state index contributed by atoms with van der Waals surface area (Å²) in [4.78, 5) is 2.36. The predicted octanol–water partition coefficient (Wildman–Crippen LogP) is 3.89. The summed E-state index contributed by atoms with van der Waals surface area (Å²) in [5, 5.41) is 9.06. The first-order valence-electron chi connectivity index (χ1n) is 8.49. The van der Waals surface area contributed by atoms with Gasteiger partial charge in [-0.3, -0.25) is 4.90 Å². The fraction of sp³-hybridized carbons (Fsp3) is 0.474. The number of hydrogen-bond acceptors (Lipinski definition) is 3. The highest BCUT2D eigenvalue weighted by Gasteiger charge is 2.21. The topological polar surface area (TPSA) is 36.6 Å². The van der Waals surface area contributed by atoms with Crippen LogP contribution in [-0.4, -0.2) is 23.1 Å². The van der Waals surface area contributed by atoms with Gasteiger partial charge in [0.15, 0.2) is 11.6 Å². The van der Waals surface area contributed by atoms with Crippen molar-refractivity contribution in [2.75, 3.05) is 13.1 Å². The first-order chi connectivity index (χ1) is 11.6. The smallest absolute Gasteiger partial charge is 0.159 e. The number of aryl methyl sites for hydroxylation is 1. The van der Waals surface area contributed by atoms with Crippen molar-refractivity contribution in [1.82, 2.24) is 4.90 Å². The number of likely N-dealkylation sites (tertiary alicyclic amines) is 1. The van der Waals surface area contributed by atoms with Crippen molar-refractivity contribution in [3.8, 4) is 0 Å². The summed E-state index contributed by atoms with van der Waals surface area (Å²) in [7, 11) is 0. The van der Waals surface area contributed by atoms with Crippen molar-refractivity contribution in [2.24, 2.45) is 5.92 Å². The third kappa shape index (κ3) is 4.42. The van der Waals surface area contributed by atoms with Crippen LogP contribution in [0.15, 0.2) is 34.7 Å². The van der Waals surface area contributed by atoms with Gasteiger partial charge in [-0.1, -0.05) is 6.07 Å². The SMILES string of the molecule is OCc1ccc(CN2CCC[C@@H](CCc3ccc(F)c(F)c3)C2)o1. The van der Waals surface area contributed by atoms with Gasteiger partial charge in [0.05, 0.1) is 6.54 Å². The highest BCUT2D eigenvalue weighted by molar-refractivity contribution is 5.18. The Bertz CT molecular complexity index is 671.